The van der Waals surface area contributed by atoms with Crippen molar-refractivity contribution in [2.24, 2.45) is 0 Å². The highest BCUT2D eigenvalue weighted by Crippen LogP contribution is 2.42. The molecule has 0 amide bonds. The zero-order valence-electron chi connectivity index (χ0n) is 21.2. The maximum atomic E-state index is 12.2. The molecular weight excluding hydrogens is 464 g/mol. The Balaban J connectivity index is 0.000000284. The highest BCUT2D eigenvalue weighted by molar-refractivity contribution is 6.02. The molecule has 1 aliphatic rings. The van der Waals surface area contributed by atoms with E-state index in [9.17, 15) is 24.9 Å². The number of aromatic hydroxyl groups is 3. The van der Waals surface area contributed by atoms with Crippen LogP contribution >= 0.6 is 0 Å². The van der Waals surface area contributed by atoms with Crippen LogP contribution in [0.3, 0.4) is 0 Å². The molecule has 0 spiro atoms. The van der Waals surface area contributed by atoms with Gasteiger partial charge in [-0.15, -0.1) is 0 Å². The van der Waals surface area contributed by atoms with Crippen LogP contribution in [0, 0.1) is 0 Å². The Kier molecular flexibility index (Phi) is 11.9. The number of carboxylic acid groups (broad SMARTS) is 1. The molecule has 0 saturated carbocycles. The van der Waals surface area contributed by atoms with Gasteiger partial charge in [0.2, 0.25) is 0 Å². The van der Waals surface area contributed by atoms with Gasteiger partial charge >= 0.3 is 5.97 Å². The summed E-state index contributed by atoms with van der Waals surface area (Å²) in [6, 6.07) is 7.10. The molecule has 0 saturated heterocycles. The zero-order valence-corrected chi connectivity index (χ0v) is 21.2. The molecule has 0 radical (unpaired) electrons. The molecule has 4 N–H and O–H groups in total. The smallest absolute Gasteiger partial charge is 0.303 e. The van der Waals surface area contributed by atoms with Gasteiger partial charge in [-0.2, -0.15) is 0 Å². The van der Waals surface area contributed by atoms with Crippen molar-refractivity contribution in [3.63, 3.8) is 0 Å². The number of rotatable bonds is 12. The van der Waals surface area contributed by atoms with E-state index in [1.165, 1.54) is 64.2 Å². The summed E-state index contributed by atoms with van der Waals surface area (Å²) >= 11 is 0. The third-order valence-electron chi connectivity index (χ3n) is 6.05. The second kappa shape index (κ2) is 14.9. The first-order valence-electron chi connectivity index (χ1n) is 12.6. The molecule has 8 nitrogen and oxygen atoms in total. The van der Waals surface area contributed by atoms with Crippen LogP contribution in [0.5, 0.6) is 28.7 Å². The number of carbonyl (C=O) groups is 2. The van der Waals surface area contributed by atoms with E-state index < -0.39 is 12.1 Å². The van der Waals surface area contributed by atoms with Crippen molar-refractivity contribution < 1.29 is 39.5 Å². The Bertz CT molecular complexity index is 1000. The van der Waals surface area contributed by atoms with E-state index >= 15 is 0 Å². The molecule has 2 aromatic carbocycles. The van der Waals surface area contributed by atoms with E-state index in [0.717, 1.165) is 18.9 Å². The summed E-state index contributed by atoms with van der Waals surface area (Å²) in [6.45, 7) is 2.23. The van der Waals surface area contributed by atoms with E-state index in [4.69, 9.17) is 14.6 Å². The van der Waals surface area contributed by atoms with Crippen molar-refractivity contribution in [2.45, 2.75) is 83.7 Å². The lowest BCUT2D eigenvalue weighted by atomic mass is 9.95. The number of phenols is 3. The van der Waals surface area contributed by atoms with Gasteiger partial charge in [-0.05, 0) is 24.1 Å². The van der Waals surface area contributed by atoms with Gasteiger partial charge in [0.1, 0.15) is 28.9 Å². The number of Topliss-reactive ketones (excluding diaryl/α,β-unsaturated/α-hetero) is 1. The van der Waals surface area contributed by atoms with E-state index in [2.05, 4.69) is 6.92 Å². The Labute approximate surface area is 212 Å². The third-order valence-corrected chi connectivity index (χ3v) is 6.05. The Morgan fingerprint density at radius 3 is 2.17 bits per heavy atom. The topological polar surface area (TPSA) is 134 Å². The molecule has 0 fully saturated rings. The first-order valence-corrected chi connectivity index (χ1v) is 12.6. The summed E-state index contributed by atoms with van der Waals surface area (Å²) in [5, 5.41) is 37.5. The van der Waals surface area contributed by atoms with Crippen LogP contribution in [0.4, 0.5) is 0 Å². The lowest BCUT2D eigenvalue weighted by Crippen LogP contribution is -2.20. The van der Waals surface area contributed by atoms with Crippen molar-refractivity contribution in [1.29, 1.82) is 0 Å². The quantitative estimate of drug-likeness (QED) is 0.241. The van der Waals surface area contributed by atoms with Crippen molar-refractivity contribution in [3.8, 4) is 28.7 Å². The van der Waals surface area contributed by atoms with E-state index in [0.29, 0.717) is 17.7 Å². The lowest BCUT2D eigenvalue weighted by molar-refractivity contribution is -0.137. The summed E-state index contributed by atoms with van der Waals surface area (Å²) < 4.78 is 10.7. The summed E-state index contributed by atoms with van der Waals surface area (Å²) in [4.78, 5) is 22.4. The van der Waals surface area contributed by atoms with Gasteiger partial charge in [0.05, 0.1) is 13.5 Å². The number of fused-ring (bicyclic) bond motifs is 1. The summed E-state index contributed by atoms with van der Waals surface area (Å²) in [6.07, 6.45) is 10.9. The molecule has 0 unspecified atom stereocenters. The fourth-order valence-electron chi connectivity index (χ4n) is 4.11. The van der Waals surface area contributed by atoms with Gasteiger partial charge in [0.15, 0.2) is 17.3 Å². The molecule has 0 bridgehead atoms. The molecule has 2 aromatic rings. The van der Waals surface area contributed by atoms with Gasteiger partial charge in [0, 0.05) is 18.6 Å². The van der Waals surface area contributed by atoms with Gasteiger partial charge in [-0.3, -0.25) is 9.59 Å². The number of ether oxygens (including phenoxy) is 2. The molecule has 0 aromatic heterocycles. The predicted octanol–water partition coefficient (Wildman–Crippen LogP) is 6.51. The van der Waals surface area contributed by atoms with Crippen LogP contribution in [-0.4, -0.2) is 39.3 Å². The first kappa shape index (κ1) is 28.8. The van der Waals surface area contributed by atoms with Crippen molar-refractivity contribution >= 4 is 11.8 Å². The number of unbranched alkanes of at least 4 members (excludes halogenated alkanes) is 8. The molecule has 1 heterocycles. The normalized spacial score (nSPS) is 14.3. The number of methoxy groups -OCH3 is 1. The Hall–Kier alpha value is -3.42. The first-order chi connectivity index (χ1) is 17.3. The minimum absolute atomic E-state index is 0.0249. The molecule has 0 aliphatic carbocycles. The van der Waals surface area contributed by atoms with Crippen LogP contribution in [0.25, 0.3) is 0 Å². The molecule has 1 atom stereocenters. The highest BCUT2D eigenvalue weighted by Gasteiger charge is 2.31. The average Bonchev–Trinajstić information content (AvgIpc) is 2.82. The number of hydrogen-bond acceptors (Lipinski definition) is 7. The fourth-order valence-corrected chi connectivity index (χ4v) is 4.11. The molecule has 3 rings (SSSR count). The minimum Gasteiger partial charge on any atom is -0.508 e. The number of benzene rings is 2. The van der Waals surface area contributed by atoms with Crippen molar-refractivity contribution in [1.82, 2.24) is 0 Å². The maximum Gasteiger partial charge on any atom is 0.303 e. The molecule has 8 heteroatoms. The zero-order chi connectivity index (χ0) is 26.5. The number of carboxylic acids is 1. The van der Waals surface area contributed by atoms with Crippen LogP contribution < -0.4 is 9.47 Å². The third kappa shape index (κ3) is 8.98. The average molecular weight is 503 g/mol. The largest absolute Gasteiger partial charge is 0.508 e. The molecule has 36 heavy (non-hydrogen) atoms. The maximum absolute atomic E-state index is 12.2. The van der Waals surface area contributed by atoms with Gasteiger partial charge in [0.25, 0.3) is 0 Å². The minimum atomic E-state index is -0.659. The van der Waals surface area contributed by atoms with E-state index in [1.807, 2.05) is 0 Å². The fraction of sp³-hybridized carbons (Fsp3) is 0.500. The van der Waals surface area contributed by atoms with Crippen LogP contribution in [0.15, 0.2) is 30.3 Å². The number of aliphatic carboxylic acids is 1. The highest BCUT2D eigenvalue weighted by atomic mass is 16.5. The second-order valence-electron chi connectivity index (χ2n) is 8.98. The number of hydrogen-bond donors (Lipinski definition) is 4. The number of phenolic OH excluding ortho intramolecular Hbond substituents is 3. The Morgan fingerprint density at radius 2 is 1.58 bits per heavy atom. The van der Waals surface area contributed by atoms with Crippen LogP contribution in [-0.2, 0) is 4.79 Å². The Morgan fingerprint density at radius 1 is 0.944 bits per heavy atom. The molecule has 1 aliphatic heterocycles. The van der Waals surface area contributed by atoms with Crippen molar-refractivity contribution in [3.05, 3.63) is 41.5 Å². The monoisotopic (exact) mass is 502 g/mol. The van der Waals surface area contributed by atoms with Gasteiger partial charge < -0.3 is 29.9 Å². The number of ketones is 1. The van der Waals surface area contributed by atoms with E-state index in [-0.39, 0.29) is 40.8 Å². The summed E-state index contributed by atoms with van der Waals surface area (Å²) in [7, 11) is 1.44. The summed E-state index contributed by atoms with van der Waals surface area (Å²) in [5.74, 6) is -1.07. The standard InChI is InChI=1S/C16H14O6.C12H24O2/c1-21-13-3-2-8(4-10(13)18)14-7-12(20)16-11(19)5-9(17)6-15(16)22-14;1-2-3-4-5-6-7-8-9-10-11-12(13)14/h2-6,14,17-19H,7H2,1H3;2-11H2,1H3,(H,13,14)/t14-;/m0./s1. The SMILES string of the molecule is CCCCCCCCCCCC(=O)O.COc1ccc([C@@H]2CC(=O)c3c(O)cc(O)cc3O2)cc1O. The second-order valence-corrected chi connectivity index (χ2v) is 8.98. The van der Waals surface area contributed by atoms with Crippen molar-refractivity contribution in [2.75, 3.05) is 7.11 Å². The number of carbonyl (C=O) groups excluding carboxylic acids is 1. The molecule has 198 valence electrons. The van der Waals surface area contributed by atoms with Gasteiger partial charge in [-0.25, -0.2) is 0 Å². The summed E-state index contributed by atoms with van der Waals surface area (Å²) in [5.41, 5.74) is 0.659. The predicted molar refractivity (Wildman–Crippen MR) is 136 cm³/mol. The van der Waals surface area contributed by atoms with E-state index in [1.54, 1.807) is 12.1 Å². The molecular formula is C28H38O8. The lowest BCUT2D eigenvalue weighted by Gasteiger charge is -2.26. The van der Waals surface area contributed by atoms with Gasteiger partial charge in [-0.1, -0.05) is 64.4 Å². The van der Waals surface area contributed by atoms with Crippen LogP contribution in [0.2, 0.25) is 0 Å². The van der Waals surface area contributed by atoms with Crippen LogP contribution in [0.1, 0.15) is 99.6 Å².